The number of aliphatic hydroxyl groups excluding tert-OH is 1. The summed E-state index contributed by atoms with van der Waals surface area (Å²) in [5.41, 5.74) is 5.80. The standard InChI is InChI=1S/C8H13NO4/c9-6(8(11)12)7(10)5-2-1-3-13-4-5/h4,6-7,10H,1-3,9H2,(H,11,12). The number of carbonyl (C=O) groups is 1. The van der Waals surface area contributed by atoms with Gasteiger partial charge in [0.15, 0.2) is 0 Å². The molecule has 0 spiro atoms. The quantitative estimate of drug-likeness (QED) is 0.551. The van der Waals surface area contributed by atoms with E-state index in [9.17, 15) is 9.90 Å². The monoisotopic (exact) mass is 187 g/mol. The van der Waals surface area contributed by atoms with E-state index in [2.05, 4.69) is 0 Å². The Bertz CT molecular complexity index is 226. The van der Waals surface area contributed by atoms with E-state index in [0.29, 0.717) is 18.6 Å². The van der Waals surface area contributed by atoms with Gasteiger partial charge in [-0.3, -0.25) is 4.79 Å². The van der Waals surface area contributed by atoms with E-state index in [1.165, 1.54) is 6.26 Å². The molecule has 5 heteroatoms. The third-order valence-corrected chi connectivity index (χ3v) is 1.97. The third kappa shape index (κ3) is 2.43. The number of hydrogen-bond acceptors (Lipinski definition) is 4. The Hall–Kier alpha value is -1.07. The number of nitrogens with two attached hydrogens (primary N) is 1. The van der Waals surface area contributed by atoms with Crippen molar-refractivity contribution < 1.29 is 19.7 Å². The number of hydrogen-bond donors (Lipinski definition) is 3. The first-order valence-electron chi connectivity index (χ1n) is 4.10. The van der Waals surface area contributed by atoms with Gasteiger partial charge in [-0.05, 0) is 18.4 Å². The summed E-state index contributed by atoms with van der Waals surface area (Å²) in [5.74, 6) is -1.21. The molecule has 0 fully saturated rings. The number of aliphatic carboxylic acids is 1. The molecule has 74 valence electrons. The lowest BCUT2D eigenvalue weighted by molar-refractivity contribution is -0.140. The highest BCUT2D eigenvalue weighted by atomic mass is 16.5. The highest BCUT2D eigenvalue weighted by Crippen LogP contribution is 2.17. The van der Waals surface area contributed by atoms with Gasteiger partial charge in [-0.1, -0.05) is 0 Å². The maximum atomic E-state index is 10.4. The molecule has 0 amide bonds. The van der Waals surface area contributed by atoms with Crippen molar-refractivity contribution >= 4 is 5.97 Å². The molecule has 0 bridgehead atoms. The van der Waals surface area contributed by atoms with Gasteiger partial charge in [-0.25, -0.2) is 0 Å². The molecular formula is C8H13NO4. The van der Waals surface area contributed by atoms with Gasteiger partial charge in [0.1, 0.15) is 12.1 Å². The summed E-state index contributed by atoms with van der Waals surface area (Å²) in [7, 11) is 0. The largest absolute Gasteiger partial charge is 0.501 e. The fraction of sp³-hybridized carbons (Fsp3) is 0.625. The van der Waals surface area contributed by atoms with Crippen LogP contribution in [0.25, 0.3) is 0 Å². The van der Waals surface area contributed by atoms with Crippen LogP contribution in [0.2, 0.25) is 0 Å². The number of carboxylic acids is 1. The Morgan fingerprint density at radius 1 is 1.69 bits per heavy atom. The van der Waals surface area contributed by atoms with Gasteiger partial charge in [0.05, 0.1) is 12.9 Å². The Labute approximate surface area is 75.8 Å². The van der Waals surface area contributed by atoms with Crippen LogP contribution in [0.5, 0.6) is 0 Å². The lowest BCUT2D eigenvalue weighted by Crippen LogP contribution is -2.43. The normalized spacial score (nSPS) is 21.2. The zero-order chi connectivity index (χ0) is 9.84. The smallest absolute Gasteiger partial charge is 0.323 e. The molecule has 0 aromatic rings. The maximum absolute atomic E-state index is 10.4. The van der Waals surface area contributed by atoms with E-state index in [0.717, 1.165) is 6.42 Å². The maximum Gasteiger partial charge on any atom is 0.323 e. The summed E-state index contributed by atoms with van der Waals surface area (Å²) >= 11 is 0. The molecule has 2 unspecified atom stereocenters. The lowest BCUT2D eigenvalue weighted by Gasteiger charge is -2.21. The third-order valence-electron chi connectivity index (χ3n) is 1.97. The van der Waals surface area contributed by atoms with E-state index in [1.54, 1.807) is 0 Å². The number of aliphatic hydroxyl groups is 1. The van der Waals surface area contributed by atoms with Gasteiger partial charge in [-0.15, -0.1) is 0 Å². The molecule has 5 nitrogen and oxygen atoms in total. The molecule has 4 N–H and O–H groups in total. The number of carboxylic acid groups (broad SMARTS) is 1. The molecule has 0 aromatic heterocycles. The Morgan fingerprint density at radius 2 is 2.38 bits per heavy atom. The summed E-state index contributed by atoms with van der Waals surface area (Å²) in [6, 6.07) is -1.27. The minimum atomic E-state index is -1.27. The van der Waals surface area contributed by atoms with E-state index >= 15 is 0 Å². The van der Waals surface area contributed by atoms with Crippen LogP contribution in [0.4, 0.5) is 0 Å². The molecule has 1 aliphatic heterocycles. The second-order valence-electron chi connectivity index (χ2n) is 2.98. The van der Waals surface area contributed by atoms with Crippen molar-refractivity contribution in [2.24, 2.45) is 5.73 Å². The van der Waals surface area contributed by atoms with Gasteiger partial charge in [0, 0.05) is 0 Å². The second-order valence-corrected chi connectivity index (χ2v) is 2.98. The molecular weight excluding hydrogens is 174 g/mol. The Balaban J connectivity index is 2.60. The first-order valence-corrected chi connectivity index (χ1v) is 4.10. The van der Waals surface area contributed by atoms with E-state index in [1.807, 2.05) is 0 Å². The van der Waals surface area contributed by atoms with Crippen molar-refractivity contribution in [1.29, 1.82) is 0 Å². The van der Waals surface area contributed by atoms with Crippen LogP contribution in [0, 0.1) is 0 Å². The molecule has 1 heterocycles. The van der Waals surface area contributed by atoms with Crippen LogP contribution in [-0.4, -0.2) is 34.9 Å². The molecule has 0 saturated carbocycles. The van der Waals surface area contributed by atoms with E-state index in [4.69, 9.17) is 15.6 Å². The van der Waals surface area contributed by atoms with Gasteiger partial charge in [-0.2, -0.15) is 0 Å². The highest BCUT2D eigenvalue weighted by molar-refractivity contribution is 5.74. The van der Waals surface area contributed by atoms with Gasteiger partial charge in [0.2, 0.25) is 0 Å². The van der Waals surface area contributed by atoms with Gasteiger partial charge < -0.3 is 20.7 Å². The predicted octanol–water partition coefficient (Wildman–Crippen LogP) is -0.547. The van der Waals surface area contributed by atoms with Crippen LogP contribution in [0.1, 0.15) is 12.8 Å². The molecule has 0 saturated heterocycles. The molecule has 0 aliphatic carbocycles. The van der Waals surface area contributed by atoms with E-state index < -0.39 is 18.1 Å². The summed E-state index contributed by atoms with van der Waals surface area (Å²) in [6.45, 7) is 0.610. The second kappa shape index (κ2) is 4.25. The minimum Gasteiger partial charge on any atom is -0.501 e. The molecule has 1 aliphatic rings. The van der Waals surface area contributed by atoms with Crippen molar-refractivity contribution in [1.82, 2.24) is 0 Å². The average molecular weight is 187 g/mol. The van der Waals surface area contributed by atoms with Crippen LogP contribution in [-0.2, 0) is 9.53 Å². The van der Waals surface area contributed by atoms with Crippen molar-refractivity contribution in [2.45, 2.75) is 25.0 Å². The fourth-order valence-corrected chi connectivity index (χ4v) is 1.17. The predicted molar refractivity (Wildman–Crippen MR) is 44.9 cm³/mol. The first-order chi connectivity index (χ1) is 6.13. The van der Waals surface area contributed by atoms with Crippen molar-refractivity contribution in [3.8, 4) is 0 Å². The zero-order valence-electron chi connectivity index (χ0n) is 7.14. The summed E-state index contributed by atoms with van der Waals surface area (Å²) in [4.78, 5) is 10.4. The highest BCUT2D eigenvalue weighted by Gasteiger charge is 2.26. The lowest BCUT2D eigenvalue weighted by atomic mass is 9.99. The summed E-state index contributed by atoms with van der Waals surface area (Å²) in [5, 5.41) is 18.0. The Morgan fingerprint density at radius 3 is 2.85 bits per heavy atom. The average Bonchev–Trinajstić information content (AvgIpc) is 2.17. The molecule has 0 aromatic carbocycles. The van der Waals surface area contributed by atoms with Crippen molar-refractivity contribution in [3.05, 3.63) is 11.8 Å². The van der Waals surface area contributed by atoms with Crippen LogP contribution in [0.15, 0.2) is 11.8 Å². The van der Waals surface area contributed by atoms with Crippen LogP contribution in [0.3, 0.4) is 0 Å². The summed E-state index contributed by atoms with van der Waals surface area (Å²) < 4.78 is 4.96. The van der Waals surface area contributed by atoms with Crippen LogP contribution < -0.4 is 5.73 Å². The van der Waals surface area contributed by atoms with Gasteiger partial charge >= 0.3 is 5.97 Å². The molecule has 13 heavy (non-hydrogen) atoms. The van der Waals surface area contributed by atoms with Crippen molar-refractivity contribution in [2.75, 3.05) is 6.61 Å². The SMILES string of the molecule is NC(C(=O)O)C(O)C1=COCCC1. The number of rotatable bonds is 3. The topological polar surface area (TPSA) is 92.8 Å². The van der Waals surface area contributed by atoms with Crippen LogP contribution >= 0.6 is 0 Å². The fourth-order valence-electron chi connectivity index (χ4n) is 1.17. The number of ether oxygens (including phenoxy) is 1. The molecule has 1 rings (SSSR count). The van der Waals surface area contributed by atoms with Gasteiger partial charge in [0.25, 0.3) is 0 Å². The van der Waals surface area contributed by atoms with E-state index in [-0.39, 0.29) is 0 Å². The Kier molecular flexibility index (Phi) is 3.27. The molecule has 0 radical (unpaired) electrons. The zero-order valence-corrected chi connectivity index (χ0v) is 7.14. The van der Waals surface area contributed by atoms with Crippen molar-refractivity contribution in [3.63, 3.8) is 0 Å². The minimum absolute atomic E-state index is 0.557. The first kappa shape index (κ1) is 10.0. The summed E-state index contributed by atoms with van der Waals surface area (Å²) in [6.07, 6.45) is 1.69. The molecule has 2 atom stereocenters.